The minimum absolute atomic E-state index is 0.0888. The van der Waals surface area contributed by atoms with Crippen LogP contribution in [0.2, 0.25) is 0 Å². The third-order valence-corrected chi connectivity index (χ3v) is 1.66. The molecule has 0 aromatic heterocycles. The van der Waals surface area contributed by atoms with Gasteiger partial charge in [-0.25, -0.2) is 0 Å². The van der Waals surface area contributed by atoms with Crippen molar-refractivity contribution >= 4 is 5.91 Å². The van der Waals surface area contributed by atoms with Crippen LogP contribution >= 0.6 is 0 Å². The first-order chi connectivity index (χ1) is 6.34. The highest BCUT2D eigenvalue weighted by molar-refractivity contribution is 5.94. The number of hydrogen-bond acceptors (Lipinski definition) is 2. The number of aliphatic hydroxyl groups excluding tert-OH is 1. The molecule has 0 aliphatic carbocycles. The summed E-state index contributed by atoms with van der Waals surface area (Å²) < 4.78 is 0. The van der Waals surface area contributed by atoms with E-state index in [1.54, 1.807) is 12.1 Å². The summed E-state index contributed by atoms with van der Waals surface area (Å²) in [4.78, 5) is 11.3. The SMILES string of the molecule is O=C(NCCCO)c1ccccc1. The molecule has 0 fully saturated rings. The van der Waals surface area contributed by atoms with Crippen LogP contribution in [0.5, 0.6) is 0 Å². The van der Waals surface area contributed by atoms with Crippen LogP contribution in [0.4, 0.5) is 0 Å². The molecule has 70 valence electrons. The van der Waals surface area contributed by atoms with Gasteiger partial charge in [-0.1, -0.05) is 18.2 Å². The fraction of sp³-hybridized carbons (Fsp3) is 0.300. The van der Waals surface area contributed by atoms with Crippen molar-refractivity contribution in [2.24, 2.45) is 0 Å². The van der Waals surface area contributed by atoms with E-state index >= 15 is 0 Å². The molecule has 0 spiro atoms. The van der Waals surface area contributed by atoms with Gasteiger partial charge in [0.05, 0.1) is 0 Å². The maximum atomic E-state index is 11.3. The molecule has 3 nitrogen and oxygen atoms in total. The maximum absolute atomic E-state index is 11.3. The minimum Gasteiger partial charge on any atom is -0.396 e. The van der Waals surface area contributed by atoms with Gasteiger partial charge in [0.1, 0.15) is 0 Å². The van der Waals surface area contributed by atoms with E-state index in [0.29, 0.717) is 18.5 Å². The number of rotatable bonds is 4. The lowest BCUT2D eigenvalue weighted by atomic mass is 10.2. The smallest absolute Gasteiger partial charge is 0.251 e. The topological polar surface area (TPSA) is 49.3 Å². The maximum Gasteiger partial charge on any atom is 0.251 e. The number of amides is 1. The summed E-state index contributed by atoms with van der Waals surface area (Å²) in [7, 11) is 0. The second-order valence-corrected chi connectivity index (χ2v) is 2.70. The monoisotopic (exact) mass is 179 g/mol. The van der Waals surface area contributed by atoms with Crippen molar-refractivity contribution < 1.29 is 9.90 Å². The van der Waals surface area contributed by atoms with E-state index in [1.807, 2.05) is 18.2 Å². The molecule has 1 amide bonds. The van der Waals surface area contributed by atoms with Gasteiger partial charge >= 0.3 is 0 Å². The largest absolute Gasteiger partial charge is 0.396 e. The Kier molecular flexibility index (Phi) is 3.99. The zero-order valence-electron chi connectivity index (χ0n) is 7.36. The molecule has 0 aliphatic rings. The van der Waals surface area contributed by atoms with Crippen LogP contribution in [0.15, 0.2) is 30.3 Å². The number of benzene rings is 1. The predicted molar refractivity (Wildman–Crippen MR) is 50.5 cm³/mol. The Bertz CT molecular complexity index is 259. The van der Waals surface area contributed by atoms with E-state index in [-0.39, 0.29) is 12.5 Å². The molecule has 0 heterocycles. The lowest BCUT2D eigenvalue weighted by Crippen LogP contribution is -2.24. The van der Waals surface area contributed by atoms with E-state index in [9.17, 15) is 4.79 Å². The average Bonchev–Trinajstić information content (AvgIpc) is 2.19. The zero-order valence-corrected chi connectivity index (χ0v) is 7.36. The van der Waals surface area contributed by atoms with E-state index < -0.39 is 0 Å². The quantitative estimate of drug-likeness (QED) is 0.672. The van der Waals surface area contributed by atoms with E-state index in [1.165, 1.54) is 0 Å². The molecule has 2 N–H and O–H groups in total. The molecule has 3 heteroatoms. The summed E-state index contributed by atoms with van der Waals surface area (Å²) in [6.45, 7) is 0.624. The molecule has 1 aromatic rings. The van der Waals surface area contributed by atoms with Crippen LogP contribution in [0.1, 0.15) is 16.8 Å². The summed E-state index contributed by atoms with van der Waals surface area (Å²) in [5, 5.41) is 11.2. The van der Waals surface area contributed by atoms with E-state index in [2.05, 4.69) is 5.32 Å². The molecule has 1 aromatic carbocycles. The summed E-state index contributed by atoms with van der Waals surface area (Å²) in [6, 6.07) is 9.02. The molecular formula is C10H13NO2. The molecule has 0 saturated carbocycles. The fourth-order valence-electron chi connectivity index (χ4n) is 0.973. The van der Waals surface area contributed by atoms with Gasteiger partial charge in [-0.2, -0.15) is 0 Å². The Morgan fingerprint density at radius 1 is 1.31 bits per heavy atom. The van der Waals surface area contributed by atoms with Crippen LogP contribution in [0.25, 0.3) is 0 Å². The highest BCUT2D eigenvalue weighted by atomic mass is 16.3. The molecule has 0 aliphatic heterocycles. The summed E-state index contributed by atoms with van der Waals surface area (Å²) in [6.07, 6.45) is 0.596. The molecule has 0 bridgehead atoms. The van der Waals surface area contributed by atoms with E-state index in [0.717, 1.165) is 0 Å². The number of carbonyl (C=O) groups is 1. The first-order valence-electron chi connectivity index (χ1n) is 4.28. The number of aliphatic hydroxyl groups is 1. The predicted octanol–water partition coefficient (Wildman–Crippen LogP) is 0.799. The van der Waals surface area contributed by atoms with Gasteiger partial charge in [0.15, 0.2) is 0 Å². The van der Waals surface area contributed by atoms with Crippen LogP contribution in [0, 0.1) is 0 Å². The van der Waals surface area contributed by atoms with Crippen molar-refractivity contribution in [3.8, 4) is 0 Å². The Balaban J connectivity index is 2.40. The molecule has 0 radical (unpaired) electrons. The van der Waals surface area contributed by atoms with Crippen molar-refractivity contribution in [2.45, 2.75) is 6.42 Å². The summed E-state index contributed by atoms with van der Waals surface area (Å²) in [5.74, 6) is -0.0888. The van der Waals surface area contributed by atoms with Gasteiger partial charge < -0.3 is 10.4 Å². The van der Waals surface area contributed by atoms with Gasteiger partial charge in [-0.05, 0) is 18.6 Å². The van der Waals surface area contributed by atoms with Crippen molar-refractivity contribution in [1.29, 1.82) is 0 Å². The Labute approximate surface area is 77.4 Å². The van der Waals surface area contributed by atoms with E-state index in [4.69, 9.17) is 5.11 Å². The van der Waals surface area contributed by atoms with Crippen LogP contribution in [-0.2, 0) is 0 Å². The van der Waals surface area contributed by atoms with Crippen molar-refractivity contribution in [3.63, 3.8) is 0 Å². The fourth-order valence-corrected chi connectivity index (χ4v) is 0.973. The van der Waals surface area contributed by atoms with Crippen LogP contribution in [0.3, 0.4) is 0 Å². The highest BCUT2D eigenvalue weighted by Crippen LogP contribution is 1.97. The van der Waals surface area contributed by atoms with Gasteiger partial charge in [-0.3, -0.25) is 4.79 Å². The van der Waals surface area contributed by atoms with Crippen LogP contribution in [-0.4, -0.2) is 24.2 Å². The molecular weight excluding hydrogens is 166 g/mol. The van der Waals surface area contributed by atoms with Crippen molar-refractivity contribution in [3.05, 3.63) is 35.9 Å². The molecule has 0 unspecified atom stereocenters. The van der Waals surface area contributed by atoms with Gasteiger partial charge in [-0.15, -0.1) is 0 Å². The lowest BCUT2D eigenvalue weighted by Gasteiger charge is -2.02. The molecule has 13 heavy (non-hydrogen) atoms. The summed E-state index contributed by atoms with van der Waals surface area (Å²) in [5.41, 5.74) is 0.653. The standard InChI is InChI=1S/C10H13NO2/c12-8-4-7-11-10(13)9-5-2-1-3-6-9/h1-3,5-6,12H,4,7-8H2,(H,11,13). The third kappa shape index (κ3) is 3.25. The highest BCUT2D eigenvalue weighted by Gasteiger charge is 2.01. The van der Waals surface area contributed by atoms with Crippen molar-refractivity contribution in [1.82, 2.24) is 5.32 Å². The average molecular weight is 179 g/mol. The van der Waals surface area contributed by atoms with Gasteiger partial charge in [0.25, 0.3) is 5.91 Å². The number of hydrogen-bond donors (Lipinski definition) is 2. The molecule has 1 rings (SSSR count). The number of carbonyl (C=O) groups excluding carboxylic acids is 1. The number of nitrogens with one attached hydrogen (secondary N) is 1. The zero-order chi connectivity index (χ0) is 9.52. The molecule has 0 saturated heterocycles. The normalized spacial score (nSPS) is 9.62. The first kappa shape index (κ1) is 9.74. The second-order valence-electron chi connectivity index (χ2n) is 2.70. The van der Waals surface area contributed by atoms with Crippen molar-refractivity contribution in [2.75, 3.05) is 13.2 Å². The second kappa shape index (κ2) is 5.32. The third-order valence-electron chi connectivity index (χ3n) is 1.66. The Morgan fingerprint density at radius 3 is 2.62 bits per heavy atom. The Hall–Kier alpha value is -1.35. The Morgan fingerprint density at radius 2 is 2.00 bits per heavy atom. The molecule has 0 atom stereocenters. The minimum atomic E-state index is -0.0888. The van der Waals surface area contributed by atoms with Gasteiger partial charge in [0, 0.05) is 18.7 Å². The van der Waals surface area contributed by atoms with Crippen LogP contribution < -0.4 is 5.32 Å². The first-order valence-corrected chi connectivity index (χ1v) is 4.28. The summed E-state index contributed by atoms with van der Waals surface area (Å²) >= 11 is 0. The van der Waals surface area contributed by atoms with Gasteiger partial charge in [0.2, 0.25) is 0 Å². The lowest BCUT2D eigenvalue weighted by molar-refractivity contribution is 0.0951.